The lowest BCUT2D eigenvalue weighted by molar-refractivity contribution is 0.672. The van der Waals surface area contributed by atoms with Crippen molar-refractivity contribution in [2.24, 2.45) is 0 Å². The molecular formula is C52H33NOS. The second-order valence-electron chi connectivity index (χ2n) is 14.0. The molecule has 0 radical (unpaired) electrons. The Bertz CT molecular complexity index is 3140. The number of benzene rings is 9. The molecule has 0 saturated carbocycles. The van der Waals surface area contributed by atoms with E-state index in [4.69, 9.17) is 4.42 Å². The van der Waals surface area contributed by atoms with Crippen LogP contribution in [-0.4, -0.2) is 0 Å². The number of fused-ring (bicyclic) bond motifs is 8. The molecule has 2 heterocycles. The number of furan rings is 1. The van der Waals surface area contributed by atoms with Gasteiger partial charge in [-0.25, -0.2) is 0 Å². The number of hydrogen-bond acceptors (Lipinski definition) is 3. The van der Waals surface area contributed by atoms with Crippen molar-refractivity contribution in [3.8, 4) is 33.4 Å². The van der Waals surface area contributed by atoms with E-state index in [1.54, 1.807) is 0 Å². The van der Waals surface area contributed by atoms with Crippen molar-refractivity contribution >= 4 is 81.3 Å². The van der Waals surface area contributed by atoms with Crippen LogP contribution in [-0.2, 0) is 0 Å². The third-order valence-corrected chi connectivity index (χ3v) is 12.1. The second kappa shape index (κ2) is 12.9. The largest absolute Gasteiger partial charge is 0.455 e. The molecule has 55 heavy (non-hydrogen) atoms. The molecule has 0 bridgehead atoms. The van der Waals surface area contributed by atoms with Gasteiger partial charge in [-0.2, -0.15) is 0 Å². The third kappa shape index (κ3) is 5.24. The third-order valence-electron chi connectivity index (χ3n) is 10.9. The maximum absolute atomic E-state index is 6.82. The lowest BCUT2D eigenvalue weighted by Crippen LogP contribution is -2.09. The molecule has 0 saturated heterocycles. The Kier molecular flexibility index (Phi) is 7.39. The van der Waals surface area contributed by atoms with Crippen LogP contribution < -0.4 is 4.90 Å². The number of anilines is 3. The normalized spacial score (nSPS) is 11.6. The lowest BCUT2D eigenvalue weighted by Gasteiger charge is -2.26. The van der Waals surface area contributed by atoms with E-state index in [1.807, 2.05) is 11.3 Å². The van der Waals surface area contributed by atoms with Crippen molar-refractivity contribution < 1.29 is 4.42 Å². The van der Waals surface area contributed by atoms with Gasteiger partial charge in [0.2, 0.25) is 0 Å². The molecular weight excluding hydrogens is 687 g/mol. The summed E-state index contributed by atoms with van der Waals surface area (Å²) in [5.41, 5.74) is 12.4. The van der Waals surface area contributed by atoms with Crippen molar-refractivity contribution in [3.63, 3.8) is 0 Å². The zero-order valence-electron chi connectivity index (χ0n) is 29.8. The average molecular weight is 720 g/mol. The Morgan fingerprint density at radius 2 is 0.964 bits per heavy atom. The summed E-state index contributed by atoms with van der Waals surface area (Å²) in [5.74, 6) is 0. The first-order valence-corrected chi connectivity index (χ1v) is 19.5. The fraction of sp³-hybridized carbons (Fsp3) is 0. The Morgan fingerprint density at radius 1 is 0.382 bits per heavy atom. The molecule has 0 amide bonds. The predicted octanol–water partition coefficient (Wildman–Crippen LogP) is 15.6. The van der Waals surface area contributed by atoms with E-state index < -0.39 is 0 Å². The van der Waals surface area contributed by atoms with E-state index in [0.717, 1.165) is 44.4 Å². The minimum absolute atomic E-state index is 0.871. The second-order valence-corrected chi connectivity index (χ2v) is 15.1. The van der Waals surface area contributed by atoms with Crippen molar-refractivity contribution in [1.82, 2.24) is 0 Å². The fourth-order valence-electron chi connectivity index (χ4n) is 8.30. The van der Waals surface area contributed by atoms with Gasteiger partial charge in [-0.3, -0.25) is 0 Å². The molecule has 258 valence electrons. The van der Waals surface area contributed by atoms with E-state index >= 15 is 0 Å². The van der Waals surface area contributed by atoms with Crippen LogP contribution >= 0.6 is 11.3 Å². The first-order valence-electron chi connectivity index (χ1n) is 18.7. The quantitative estimate of drug-likeness (QED) is 0.170. The molecule has 3 heteroatoms. The lowest BCUT2D eigenvalue weighted by atomic mass is 9.94. The summed E-state index contributed by atoms with van der Waals surface area (Å²) >= 11 is 1.88. The van der Waals surface area contributed by atoms with Gasteiger partial charge in [-0.05, 0) is 87.8 Å². The molecule has 0 aliphatic heterocycles. The number of nitrogens with zero attached hydrogens (tertiary/aromatic N) is 1. The Balaban J connectivity index is 1.11. The van der Waals surface area contributed by atoms with Crippen LogP contribution in [0.1, 0.15) is 0 Å². The first kappa shape index (κ1) is 31.6. The minimum Gasteiger partial charge on any atom is -0.455 e. The summed E-state index contributed by atoms with van der Waals surface area (Å²) < 4.78 is 9.40. The summed E-state index contributed by atoms with van der Waals surface area (Å²) in [4.78, 5) is 2.34. The SMILES string of the molecule is c1ccc(-c2ccc(-c3ccc4sc5c(-c6cc7c(oc8cccc(N(c9ccccc9)c9ccccc9)c87)c7ccccc67)cccc5c4c3)cc2)cc1. The highest BCUT2D eigenvalue weighted by Gasteiger charge is 2.22. The van der Waals surface area contributed by atoms with Gasteiger partial charge >= 0.3 is 0 Å². The topological polar surface area (TPSA) is 16.4 Å². The van der Waals surface area contributed by atoms with Gasteiger partial charge < -0.3 is 9.32 Å². The summed E-state index contributed by atoms with van der Waals surface area (Å²) in [7, 11) is 0. The van der Waals surface area contributed by atoms with E-state index in [1.165, 1.54) is 58.9 Å². The fourth-order valence-corrected chi connectivity index (χ4v) is 9.51. The van der Waals surface area contributed by atoms with Gasteiger partial charge in [0, 0.05) is 47.9 Å². The number of para-hydroxylation sites is 2. The van der Waals surface area contributed by atoms with Crippen molar-refractivity contribution in [3.05, 3.63) is 200 Å². The highest BCUT2D eigenvalue weighted by Crippen LogP contribution is 2.48. The zero-order chi connectivity index (χ0) is 36.3. The molecule has 2 nitrogen and oxygen atoms in total. The molecule has 0 atom stereocenters. The Morgan fingerprint density at radius 3 is 1.69 bits per heavy atom. The van der Waals surface area contributed by atoms with E-state index in [0.29, 0.717) is 0 Å². The van der Waals surface area contributed by atoms with Gasteiger partial charge in [0.05, 0.1) is 11.1 Å². The number of rotatable bonds is 6. The summed E-state index contributed by atoms with van der Waals surface area (Å²) in [5, 5.41) is 7.07. The smallest absolute Gasteiger partial charge is 0.143 e. The molecule has 2 aromatic heterocycles. The number of hydrogen-bond donors (Lipinski definition) is 0. The van der Waals surface area contributed by atoms with E-state index in [2.05, 4.69) is 205 Å². The Labute approximate surface area is 322 Å². The summed E-state index contributed by atoms with van der Waals surface area (Å²) in [6, 6.07) is 71.9. The van der Waals surface area contributed by atoms with Crippen molar-refractivity contribution in [2.75, 3.05) is 4.90 Å². The van der Waals surface area contributed by atoms with Crippen LogP contribution in [0.2, 0.25) is 0 Å². The van der Waals surface area contributed by atoms with Crippen LogP contribution in [0.25, 0.3) is 86.3 Å². The van der Waals surface area contributed by atoms with Gasteiger partial charge in [-0.15, -0.1) is 11.3 Å². The summed E-state index contributed by atoms with van der Waals surface area (Å²) in [6.45, 7) is 0. The van der Waals surface area contributed by atoms with Gasteiger partial charge in [0.25, 0.3) is 0 Å². The van der Waals surface area contributed by atoms with Crippen molar-refractivity contribution in [2.45, 2.75) is 0 Å². The van der Waals surface area contributed by atoms with E-state index in [9.17, 15) is 0 Å². The van der Waals surface area contributed by atoms with Crippen LogP contribution in [0, 0.1) is 0 Å². The first-order chi connectivity index (χ1) is 27.3. The van der Waals surface area contributed by atoms with Crippen LogP contribution in [0.5, 0.6) is 0 Å². The van der Waals surface area contributed by atoms with Crippen molar-refractivity contribution in [1.29, 1.82) is 0 Å². The molecule has 0 fully saturated rings. The van der Waals surface area contributed by atoms with Gasteiger partial charge in [0.15, 0.2) is 0 Å². The Hall–Kier alpha value is -6.94. The van der Waals surface area contributed by atoms with Gasteiger partial charge in [-0.1, -0.05) is 146 Å². The molecule has 0 N–H and O–H groups in total. The molecule has 0 unspecified atom stereocenters. The molecule has 11 aromatic rings. The maximum atomic E-state index is 6.82. The van der Waals surface area contributed by atoms with Crippen LogP contribution in [0.15, 0.2) is 205 Å². The molecule has 0 aliphatic carbocycles. The van der Waals surface area contributed by atoms with E-state index in [-0.39, 0.29) is 0 Å². The number of thiophene rings is 1. The minimum atomic E-state index is 0.871. The van der Waals surface area contributed by atoms with Crippen LogP contribution in [0.4, 0.5) is 17.1 Å². The molecule has 9 aromatic carbocycles. The maximum Gasteiger partial charge on any atom is 0.143 e. The summed E-state index contributed by atoms with van der Waals surface area (Å²) in [6.07, 6.45) is 0. The van der Waals surface area contributed by atoms with Gasteiger partial charge in [0.1, 0.15) is 11.2 Å². The highest BCUT2D eigenvalue weighted by molar-refractivity contribution is 7.26. The standard InChI is InChI=1S/C52H33NOS/c1-4-14-34(15-5-1)35-26-28-36(29-27-35)37-30-31-49-45(32-37)43-23-12-22-42(52(43)55-49)44-33-46-50-47(53(38-16-6-2-7-17-38)39-18-8-3-9-19-39)24-13-25-48(50)54-51(46)41-21-11-10-20-40(41)44/h1-33H. The molecule has 11 rings (SSSR count). The monoisotopic (exact) mass is 719 g/mol. The average Bonchev–Trinajstić information content (AvgIpc) is 3.84. The van der Waals surface area contributed by atoms with Crippen LogP contribution in [0.3, 0.4) is 0 Å². The highest BCUT2D eigenvalue weighted by atomic mass is 32.1. The zero-order valence-corrected chi connectivity index (χ0v) is 30.6. The molecule has 0 spiro atoms. The molecule has 0 aliphatic rings. The predicted molar refractivity (Wildman–Crippen MR) is 235 cm³/mol.